The Bertz CT molecular complexity index is 652. The summed E-state index contributed by atoms with van der Waals surface area (Å²) in [6, 6.07) is 6.33. The number of ether oxygens (including phenoxy) is 1. The molecule has 0 aliphatic heterocycles. The Balaban J connectivity index is 2.62. The van der Waals surface area contributed by atoms with Crippen molar-refractivity contribution in [1.29, 1.82) is 0 Å². The monoisotopic (exact) mass is 303 g/mol. The fraction of sp³-hybridized carbons (Fsp3) is 0.167. The highest BCUT2D eigenvalue weighted by Gasteiger charge is 2.40. The van der Waals surface area contributed by atoms with Crippen molar-refractivity contribution in [3.8, 4) is 16.3 Å². The first-order chi connectivity index (χ1) is 9.34. The van der Waals surface area contributed by atoms with Crippen LogP contribution in [0.4, 0.5) is 13.2 Å². The molecule has 0 spiro atoms. The normalized spacial score (nSPS) is 11.4. The minimum Gasteiger partial charge on any atom is -0.496 e. The summed E-state index contributed by atoms with van der Waals surface area (Å²) in [5, 5.41) is 8.81. The molecule has 0 saturated heterocycles. The number of hydrogen-bond donors (Lipinski definition) is 1. The quantitative estimate of drug-likeness (QED) is 0.942. The number of benzene rings is 1. The van der Waals surface area contributed by atoms with Gasteiger partial charge in [-0.3, -0.25) is 0 Å². The number of carboxylic acids is 1. The molecule has 20 heavy (non-hydrogen) atoms. The number of methoxy groups -OCH3 is 1. The zero-order valence-electron chi connectivity index (χ0n) is 10.1. The molecule has 2 aromatic rings. The number of halogens is 3. The summed E-state index contributed by atoms with van der Waals surface area (Å²) in [6.45, 7) is 0. The Morgan fingerprint density at radius 3 is 2.50 bits per heavy atom. The van der Waals surface area contributed by atoms with Crippen molar-refractivity contribution in [1.82, 2.24) is 4.98 Å². The molecule has 0 atom stereocenters. The molecule has 0 bridgehead atoms. The van der Waals surface area contributed by atoms with Crippen LogP contribution in [0.3, 0.4) is 0 Å². The van der Waals surface area contributed by atoms with Gasteiger partial charge in [0.05, 0.1) is 12.7 Å². The van der Waals surface area contributed by atoms with Gasteiger partial charge in [0.15, 0.2) is 5.69 Å². The van der Waals surface area contributed by atoms with E-state index in [1.165, 1.54) is 13.2 Å². The molecule has 0 aliphatic rings. The molecule has 1 N–H and O–H groups in total. The smallest absolute Gasteiger partial charge is 0.435 e. The summed E-state index contributed by atoms with van der Waals surface area (Å²) in [5.41, 5.74) is -1.08. The number of nitrogens with zero attached hydrogens (tertiary/aromatic N) is 1. The van der Waals surface area contributed by atoms with Gasteiger partial charge in [-0.25, -0.2) is 9.78 Å². The lowest BCUT2D eigenvalue weighted by molar-refractivity contribution is -0.141. The third kappa shape index (κ3) is 2.60. The van der Waals surface area contributed by atoms with Crippen molar-refractivity contribution in [3.63, 3.8) is 0 Å². The Morgan fingerprint density at radius 2 is 2.00 bits per heavy atom. The maximum Gasteiger partial charge on any atom is 0.435 e. The van der Waals surface area contributed by atoms with Gasteiger partial charge in [0.1, 0.15) is 15.6 Å². The number of thiazole rings is 1. The van der Waals surface area contributed by atoms with Gasteiger partial charge in [-0.15, -0.1) is 11.3 Å². The van der Waals surface area contributed by atoms with Gasteiger partial charge in [0.25, 0.3) is 0 Å². The maximum atomic E-state index is 12.8. The van der Waals surface area contributed by atoms with E-state index in [1.807, 2.05) is 0 Å². The molecule has 0 saturated carbocycles. The minimum absolute atomic E-state index is 0.0489. The van der Waals surface area contributed by atoms with E-state index in [4.69, 9.17) is 9.84 Å². The van der Waals surface area contributed by atoms with E-state index in [1.54, 1.807) is 18.2 Å². The Kier molecular flexibility index (Phi) is 3.67. The molecular formula is C12H8F3NO3S. The number of hydrogen-bond acceptors (Lipinski definition) is 4. The van der Waals surface area contributed by atoms with Gasteiger partial charge in [0, 0.05) is 0 Å². The fourth-order valence-corrected chi connectivity index (χ4v) is 2.55. The highest BCUT2D eigenvalue weighted by molar-refractivity contribution is 7.17. The Morgan fingerprint density at radius 1 is 1.35 bits per heavy atom. The molecule has 0 amide bonds. The van der Waals surface area contributed by atoms with Crippen LogP contribution in [-0.4, -0.2) is 23.2 Å². The fourth-order valence-electron chi connectivity index (χ4n) is 1.59. The van der Waals surface area contributed by atoms with Crippen LogP contribution in [-0.2, 0) is 6.18 Å². The van der Waals surface area contributed by atoms with E-state index in [0.29, 0.717) is 22.6 Å². The van der Waals surface area contributed by atoms with Crippen LogP contribution in [0.5, 0.6) is 5.75 Å². The Labute approximate surface area is 115 Å². The molecule has 0 unspecified atom stereocenters. The molecule has 1 aromatic heterocycles. The first-order valence-corrected chi connectivity index (χ1v) is 6.11. The molecule has 1 aromatic carbocycles. The topological polar surface area (TPSA) is 59.4 Å². The van der Waals surface area contributed by atoms with Gasteiger partial charge in [-0.05, 0) is 12.1 Å². The van der Waals surface area contributed by atoms with Crippen LogP contribution in [0.1, 0.15) is 15.4 Å². The number of carbonyl (C=O) groups is 1. The van der Waals surface area contributed by atoms with Crippen LogP contribution < -0.4 is 4.74 Å². The van der Waals surface area contributed by atoms with E-state index >= 15 is 0 Å². The number of alkyl halides is 3. The van der Waals surface area contributed by atoms with Gasteiger partial charge in [-0.2, -0.15) is 13.2 Å². The molecule has 4 nitrogen and oxygen atoms in total. The van der Waals surface area contributed by atoms with E-state index in [9.17, 15) is 18.0 Å². The number of aromatic carboxylic acids is 1. The summed E-state index contributed by atoms with van der Waals surface area (Å²) in [5.74, 6) is -1.33. The molecule has 0 fully saturated rings. The Hall–Kier alpha value is -2.09. The van der Waals surface area contributed by atoms with E-state index < -0.39 is 22.7 Å². The molecular weight excluding hydrogens is 295 g/mol. The van der Waals surface area contributed by atoms with Crippen LogP contribution in [0.2, 0.25) is 0 Å². The highest BCUT2D eigenvalue weighted by atomic mass is 32.1. The van der Waals surface area contributed by atoms with Crippen LogP contribution in [0.15, 0.2) is 24.3 Å². The van der Waals surface area contributed by atoms with Crippen molar-refractivity contribution in [3.05, 3.63) is 34.8 Å². The second-order valence-electron chi connectivity index (χ2n) is 3.70. The third-order valence-corrected chi connectivity index (χ3v) is 3.50. The van der Waals surface area contributed by atoms with Crippen molar-refractivity contribution in [2.75, 3.05) is 7.11 Å². The van der Waals surface area contributed by atoms with Gasteiger partial charge in [-0.1, -0.05) is 12.1 Å². The van der Waals surface area contributed by atoms with E-state index in [0.717, 1.165) is 0 Å². The van der Waals surface area contributed by atoms with Crippen molar-refractivity contribution < 1.29 is 27.8 Å². The second kappa shape index (κ2) is 5.12. The SMILES string of the molecule is COc1ccccc1-c1nc(C(F)(F)F)c(C(=O)O)s1. The third-order valence-electron chi connectivity index (χ3n) is 2.43. The van der Waals surface area contributed by atoms with E-state index in [-0.39, 0.29) is 5.01 Å². The molecule has 1 heterocycles. The maximum absolute atomic E-state index is 12.8. The molecule has 0 aliphatic carbocycles. The first kappa shape index (κ1) is 14.3. The summed E-state index contributed by atoms with van der Waals surface area (Å²) < 4.78 is 43.3. The number of aromatic nitrogens is 1. The van der Waals surface area contributed by atoms with Crippen LogP contribution in [0.25, 0.3) is 10.6 Å². The predicted octanol–water partition coefficient (Wildman–Crippen LogP) is 3.54. The zero-order valence-corrected chi connectivity index (χ0v) is 10.9. The lowest BCUT2D eigenvalue weighted by Crippen LogP contribution is -2.11. The van der Waals surface area contributed by atoms with Gasteiger partial charge < -0.3 is 9.84 Å². The number of carboxylic acid groups (broad SMARTS) is 1. The highest BCUT2D eigenvalue weighted by Crippen LogP contribution is 2.40. The molecule has 106 valence electrons. The average Bonchev–Trinajstić information content (AvgIpc) is 2.83. The average molecular weight is 303 g/mol. The second-order valence-corrected chi connectivity index (χ2v) is 4.70. The predicted molar refractivity (Wildman–Crippen MR) is 66.1 cm³/mol. The largest absolute Gasteiger partial charge is 0.496 e. The van der Waals surface area contributed by atoms with Crippen molar-refractivity contribution >= 4 is 17.3 Å². The summed E-state index contributed by atoms with van der Waals surface area (Å²) in [7, 11) is 1.37. The lowest BCUT2D eigenvalue weighted by atomic mass is 10.2. The summed E-state index contributed by atoms with van der Waals surface area (Å²) >= 11 is 0.466. The summed E-state index contributed by atoms with van der Waals surface area (Å²) in [6.07, 6.45) is -4.81. The first-order valence-electron chi connectivity index (χ1n) is 5.29. The minimum atomic E-state index is -4.81. The van der Waals surface area contributed by atoms with Gasteiger partial charge in [0.2, 0.25) is 0 Å². The number of para-hydroxylation sites is 1. The van der Waals surface area contributed by atoms with Gasteiger partial charge >= 0.3 is 12.1 Å². The van der Waals surface area contributed by atoms with Crippen LogP contribution in [0, 0.1) is 0 Å². The van der Waals surface area contributed by atoms with Crippen molar-refractivity contribution in [2.45, 2.75) is 6.18 Å². The molecule has 0 radical (unpaired) electrons. The summed E-state index contributed by atoms with van der Waals surface area (Å²) in [4.78, 5) is 13.5. The molecule has 2 rings (SSSR count). The zero-order chi connectivity index (χ0) is 14.9. The van der Waals surface area contributed by atoms with Crippen molar-refractivity contribution in [2.24, 2.45) is 0 Å². The lowest BCUT2D eigenvalue weighted by Gasteiger charge is -2.05. The van der Waals surface area contributed by atoms with Crippen LogP contribution >= 0.6 is 11.3 Å². The standard InChI is InChI=1S/C12H8F3NO3S/c1-19-7-5-3-2-4-6(7)10-16-9(12(13,14)15)8(20-10)11(17)18/h2-5H,1H3,(H,17,18). The molecule has 8 heteroatoms. The number of rotatable bonds is 3. The van der Waals surface area contributed by atoms with E-state index in [2.05, 4.69) is 4.98 Å².